The third kappa shape index (κ3) is 3.24. The fourth-order valence-corrected chi connectivity index (χ4v) is 4.69. The second-order valence-corrected chi connectivity index (χ2v) is 8.37. The van der Waals surface area contributed by atoms with Crippen LogP contribution in [0, 0.1) is 18.2 Å². The molecule has 1 saturated heterocycles. The van der Waals surface area contributed by atoms with Crippen LogP contribution in [0.2, 0.25) is 0 Å². The lowest BCUT2D eigenvalue weighted by Crippen LogP contribution is -2.57. The van der Waals surface area contributed by atoms with E-state index in [1.54, 1.807) is 12.1 Å². The summed E-state index contributed by atoms with van der Waals surface area (Å²) in [6.07, 6.45) is 2.12. The predicted octanol–water partition coefficient (Wildman–Crippen LogP) is 5.16. The van der Waals surface area contributed by atoms with Crippen molar-refractivity contribution in [3.05, 3.63) is 77.6 Å². The van der Waals surface area contributed by atoms with Crippen LogP contribution < -0.4 is 15.5 Å². The monoisotopic (exact) mass is 416 g/mol. The van der Waals surface area contributed by atoms with Crippen LogP contribution in [0.5, 0.6) is 0 Å². The summed E-state index contributed by atoms with van der Waals surface area (Å²) in [6, 6.07) is 18.9. The van der Waals surface area contributed by atoms with Crippen LogP contribution in [-0.2, 0) is 4.74 Å². The zero-order valence-corrected chi connectivity index (χ0v) is 17.4. The molecule has 31 heavy (non-hydrogen) atoms. The van der Waals surface area contributed by atoms with Gasteiger partial charge in [-0.05, 0) is 61.9 Å². The zero-order chi connectivity index (χ0) is 21.6. The van der Waals surface area contributed by atoms with E-state index in [1.165, 1.54) is 23.9 Å². The molecule has 1 fully saturated rings. The first kappa shape index (κ1) is 19.6. The lowest BCUT2D eigenvalue weighted by Gasteiger charge is -2.51. The maximum absolute atomic E-state index is 13.7. The molecule has 2 aliphatic rings. The fraction of sp³-hybridized carbons (Fsp3) is 0.240. The van der Waals surface area contributed by atoms with E-state index in [0.29, 0.717) is 31.0 Å². The molecule has 0 bridgehead atoms. The Balaban J connectivity index is 1.76. The number of ether oxygens (including phenoxy) is 1. The smallest absolute Gasteiger partial charge is 0.123 e. The third-order valence-corrected chi connectivity index (χ3v) is 6.31. The van der Waals surface area contributed by atoms with E-state index < -0.39 is 0 Å². The van der Waals surface area contributed by atoms with E-state index in [2.05, 4.69) is 41.0 Å². The topological polar surface area (TPSA) is 65.6 Å². The molecule has 1 atom stereocenters. The van der Waals surface area contributed by atoms with Crippen molar-refractivity contribution in [2.75, 3.05) is 35.3 Å². The maximum atomic E-state index is 13.7. The standard InChI is InChI=1S/C25H25FN4O/c1-17-2-6-20(7-3-17)29-15-25(10-11-31-16-25)30(21-8-4-19(26)5-9-21)24-12-18(14-27)22(28)13-23(24)29/h2-9,12-14,27H,10-11,15-16,28H2,1H3. The first-order valence-electron chi connectivity index (χ1n) is 10.4. The van der Waals surface area contributed by atoms with Crippen molar-refractivity contribution in [2.45, 2.75) is 18.9 Å². The van der Waals surface area contributed by atoms with Crippen LogP contribution in [0.15, 0.2) is 60.7 Å². The molecule has 2 aliphatic heterocycles. The molecule has 0 radical (unpaired) electrons. The molecule has 0 aromatic heterocycles. The summed E-state index contributed by atoms with van der Waals surface area (Å²) in [5.74, 6) is -0.267. The molecule has 3 aromatic rings. The summed E-state index contributed by atoms with van der Waals surface area (Å²) in [7, 11) is 0. The lowest BCUT2D eigenvalue weighted by molar-refractivity contribution is 0.178. The Bertz CT molecular complexity index is 1120. The average molecular weight is 417 g/mol. The Kier molecular flexibility index (Phi) is 4.67. The van der Waals surface area contributed by atoms with Gasteiger partial charge in [-0.1, -0.05) is 17.7 Å². The molecular formula is C25H25FN4O. The number of halogens is 1. The molecule has 3 aromatic carbocycles. The minimum atomic E-state index is -0.314. The number of hydrogen-bond donors (Lipinski definition) is 2. The largest absolute Gasteiger partial charge is 0.398 e. The molecule has 6 heteroatoms. The number of aryl methyl sites for hydroxylation is 1. The van der Waals surface area contributed by atoms with Crippen molar-refractivity contribution in [1.82, 2.24) is 0 Å². The fourth-order valence-electron chi connectivity index (χ4n) is 4.69. The van der Waals surface area contributed by atoms with Crippen molar-refractivity contribution in [3.63, 3.8) is 0 Å². The van der Waals surface area contributed by atoms with Crippen LogP contribution in [-0.4, -0.2) is 31.5 Å². The molecule has 0 aliphatic carbocycles. The van der Waals surface area contributed by atoms with Gasteiger partial charge in [0.2, 0.25) is 0 Å². The van der Waals surface area contributed by atoms with Gasteiger partial charge in [0.25, 0.3) is 0 Å². The molecule has 5 rings (SSSR count). The van der Waals surface area contributed by atoms with Gasteiger partial charge in [0, 0.05) is 42.0 Å². The first-order chi connectivity index (χ1) is 15.0. The van der Waals surface area contributed by atoms with E-state index in [9.17, 15) is 4.39 Å². The predicted molar refractivity (Wildman–Crippen MR) is 124 cm³/mol. The highest BCUT2D eigenvalue weighted by Gasteiger charge is 2.48. The van der Waals surface area contributed by atoms with Crippen LogP contribution in [0.3, 0.4) is 0 Å². The summed E-state index contributed by atoms with van der Waals surface area (Å²) in [5, 5.41) is 7.83. The highest BCUT2D eigenvalue weighted by Crippen LogP contribution is 2.50. The lowest BCUT2D eigenvalue weighted by atomic mass is 9.88. The molecule has 158 valence electrons. The van der Waals surface area contributed by atoms with Crippen molar-refractivity contribution in [2.24, 2.45) is 0 Å². The van der Waals surface area contributed by atoms with Crippen LogP contribution in [0.1, 0.15) is 17.5 Å². The summed E-state index contributed by atoms with van der Waals surface area (Å²) in [6.45, 7) is 4.02. The highest BCUT2D eigenvalue weighted by atomic mass is 19.1. The van der Waals surface area contributed by atoms with Gasteiger partial charge in [0.15, 0.2) is 0 Å². The summed E-state index contributed by atoms with van der Waals surface area (Å²) in [4.78, 5) is 4.54. The number of nitrogens with one attached hydrogen (secondary N) is 1. The van der Waals surface area contributed by atoms with E-state index in [0.717, 1.165) is 29.2 Å². The van der Waals surface area contributed by atoms with Gasteiger partial charge in [-0.2, -0.15) is 0 Å². The van der Waals surface area contributed by atoms with Crippen molar-refractivity contribution >= 4 is 34.7 Å². The zero-order valence-electron chi connectivity index (χ0n) is 17.4. The number of benzene rings is 3. The SMILES string of the molecule is Cc1ccc(N2CC3(CCOC3)N(c3ccc(F)cc3)c3cc(C=N)c(N)cc32)cc1. The summed E-state index contributed by atoms with van der Waals surface area (Å²) >= 11 is 0. The Morgan fingerprint density at radius 3 is 2.39 bits per heavy atom. The summed E-state index contributed by atoms with van der Waals surface area (Å²) in [5.41, 5.74) is 12.3. The number of hydrogen-bond acceptors (Lipinski definition) is 5. The highest BCUT2D eigenvalue weighted by molar-refractivity contribution is 5.95. The molecular weight excluding hydrogens is 391 g/mol. The molecule has 5 nitrogen and oxygen atoms in total. The minimum Gasteiger partial charge on any atom is -0.398 e. The van der Waals surface area contributed by atoms with E-state index >= 15 is 0 Å². The Morgan fingerprint density at radius 2 is 1.74 bits per heavy atom. The Morgan fingerprint density at radius 1 is 1.03 bits per heavy atom. The quantitative estimate of drug-likeness (QED) is 0.457. The molecule has 0 saturated carbocycles. The number of rotatable bonds is 3. The van der Waals surface area contributed by atoms with E-state index in [1.807, 2.05) is 12.1 Å². The Hall–Kier alpha value is -3.38. The molecule has 2 heterocycles. The second kappa shape index (κ2) is 7.39. The molecule has 3 N–H and O–H groups in total. The normalized spacial score (nSPS) is 20.2. The minimum absolute atomic E-state index is 0.267. The molecule has 1 spiro atoms. The van der Waals surface area contributed by atoms with Crippen LogP contribution in [0.4, 0.5) is 32.8 Å². The average Bonchev–Trinajstić information content (AvgIpc) is 3.23. The first-order valence-corrected chi connectivity index (χ1v) is 10.4. The van der Waals surface area contributed by atoms with Gasteiger partial charge in [0.05, 0.1) is 23.5 Å². The maximum Gasteiger partial charge on any atom is 0.123 e. The van der Waals surface area contributed by atoms with E-state index in [4.69, 9.17) is 15.9 Å². The molecule has 0 amide bonds. The van der Waals surface area contributed by atoms with Gasteiger partial charge in [-0.15, -0.1) is 0 Å². The number of nitrogens with zero attached hydrogens (tertiary/aromatic N) is 2. The van der Waals surface area contributed by atoms with Gasteiger partial charge < -0.3 is 25.7 Å². The van der Waals surface area contributed by atoms with Gasteiger partial charge in [-0.3, -0.25) is 0 Å². The number of nitrogen functional groups attached to an aromatic ring is 1. The van der Waals surface area contributed by atoms with Gasteiger partial charge in [0.1, 0.15) is 5.82 Å². The van der Waals surface area contributed by atoms with Gasteiger partial charge >= 0.3 is 0 Å². The van der Waals surface area contributed by atoms with Crippen molar-refractivity contribution < 1.29 is 9.13 Å². The summed E-state index contributed by atoms with van der Waals surface area (Å²) < 4.78 is 19.6. The second-order valence-electron chi connectivity index (χ2n) is 8.37. The van der Waals surface area contributed by atoms with E-state index in [-0.39, 0.29) is 11.4 Å². The van der Waals surface area contributed by atoms with Crippen molar-refractivity contribution in [1.29, 1.82) is 5.41 Å². The van der Waals surface area contributed by atoms with Crippen molar-refractivity contribution in [3.8, 4) is 0 Å². The number of anilines is 5. The number of nitrogens with two attached hydrogens (primary N) is 1. The Labute approximate surface area is 181 Å². The third-order valence-electron chi connectivity index (χ3n) is 6.31. The number of fused-ring (bicyclic) bond motifs is 1. The van der Waals surface area contributed by atoms with Crippen LogP contribution >= 0.6 is 0 Å². The van der Waals surface area contributed by atoms with Crippen LogP contribution in [0.25, 0.3) is 0 Å². The molecule has 1 unspecified atom stereocenters. The van der Waals surface area contributed by atoms with Gasteiger partial charge in [-0.25, -0.2) is 4.39 Å².